The summed E-state index contributed by atoms with van der Waals surface area (Å²) in [5.41, 5.74) is 1.06. The lowest BCUT2D eigenvalue weighted by Gasteiger charge is -2.12. The van der Waals surface area contributed by atoms with Crippen molar-refractivity contribution in [1.82, 2.24) is 15.0 Å². The standard InChI is InChI=1S/C22H15FN4O4/c23-14-3-1-12(2-4-14)7-13-8-15-16(21(29)27-18-5-6-24-11-26-18)9-17(22(30)31)20(28)19(15)25-10-13/h1-6,8-11,28H,7H2,(H,30,31)(H,24,26,27,29). The highest BCUT2D eigenvalue weighted by atomic mass is 19.1. The second-order valence-electron chi connectivity index (χ2n) is 6.72. The van der Waals surface area contributed by atoms with Crippen molar-refractivity contribution in [3.05, 3.63) is 89.3 Å². The molecule has 0 spiro atoms. The van der Waals surface area contributed by atoms with Gasteiger partial charge >= 0.3 is 5.97 Å². The van der Waals surface area contributed by atoms with Crippen molar-refractivity contribution in [2.24, 2.45) is 0 Å². The lowest BCUT2D eigenvalue weighted by atomic mass is 9.99. The number of nitrogens with one attached hydrogen (secondary N) is 1. The van der Waals surface area contributed by atoms with E-state index in [1.54, 1.807) is 18.2 Å². The van der Waals surface area contributed by atoms with Gasteiger partial charge in [0, 0.05) is 17.8 Å². The molecule has 0 saturated heterocycles. The number of aromatic hydroxyl groups is 1. The number of aromatic nitrogens is 3. The van der Waals surface area contributed by atoms with Gasteiger partial charge in [0.15, 0.2) is 5.75 Å². The first-order chi connectivity index (χ1) is 14.9. The molecule has 0 bridgehead atoms. The molecule has 2 aromatic carbocycles. The molecule has 8 nitrogen and oxygen atoms in total. The molecule has 2 aromatic heterocycles. The van der Waals surface area contributed by atoms with Crippen LogP contribution in [-0.4, -0.2) is 37.0 Å². The van der Waals surface area contributed by atoms with Crippen molar-refractivity contribution in [2.45, 2.75) is 6.42 Å². The van der Waals surface area contributed by atoms with Crippen LogP contribution in [0.4, 0.5) is 10.2 Å². The molecule has 0 aliphatic heterocycles. The normalized spacial score (nSPS) is 10.7. The third-order valence-electron chi connectivity index (χ3n) is 4.62. The molecule has 4 aromatic rings. The number of pyridine rings is 1. The molecule has 0 fully saturated rings. The Labute approximate surface area is 175 Å². The average Bonchev–Trinajstić information content (AvgIpc) is 2.76. The molecular formula is C22H15FN4O4. The van der Waals surface area contributed by atoms with E-state index in [9.17, 15) is 24.2 Å². The lowest BCUT2D eigenvalue weighted by molar-refractivity contribution is 0.0694. The van der Waals surface area contributed by atoms with Crippen LogP contribution in [0.5, 0.6) is 5.75 Å². The fourth-order valence-electron chi connectivity index (χ4n) is 3.15. The van der Waals surface area contributed by atoms with Crippen LogP contribution in [0.3, 0.4) is 0 Å². The molecular weight excluding hydrogens is 403 g/mol. The quantitative estimate of drug-likeness (QED) is 0.453. The van der Waals surface area contributed by atoms with Gasteiger partial charge < -0.3 is 15.5 Å². The third-order valence-corrected chi connectivity index (χ3v) is 4.62. The van der Waals surface area contributed by atoms with Gasteiger partial charge in [-0.05, 0) is 47.9 Å². The molecule has 3 N–H and O–H groups in total. The van der Waals surface area contributed by atoms with Gasteiger partial charge in [-0.2, -0.15) is 0 Å². The number of carboxylic acids is 1. The Kier molecular flexibility index (Phi) is 5.23. The lowest BCUT2D eigenvalue weighted by Crippen LogP contribution is -2.15. The number of rotatable bonds is 5. The number of fused-ring (bicyclic) bond motifs is 1. The van der Waals surface area contributed by atoms with Gasteiger partial charge in [-0.1, -0.05) is 12.1 Å². The molecule has 0 radical (unpaired) electrons. The number of hydrogen-bond acceptors (Lipinski definition) is 6. The number of carboxylic acid groups (broad SMARTS) is 1. The van der Waals surface area contributed by atoms with Gasteiger partial charge in [0.25, 0.3) is 5.91 Å². The summed E-state index contributed by atoms with van der Waals surface area (Å²) in [4.78, 5) is 36.4. The monoisotopic (exact) mass is 418 g/mol. The van der Waals surface area contributed by atoms with Crippen molar-refractivity contribution in [3.63, 3.8) is 0 Å². The molecule has 31 heavy (non-hydrogen) atoms. The summed E-state index contributed by atoms with van der Waals surface area (Å²) < 4.78 is 13.2. The van der Waals surface area contributed by atoms with E-state index in [-0.39, 0.29) is 28.1 Å². The van der Waals surface area contributed by atoms with Crippen LogP contribution in [-0.2, 0) is 6.42 Å². The Morgan fingerprint density at radius 1 is 1.00 bits per heavy atom. The SMILES string of the molecule is O=C(O)c1cc(C(=O)Nc2ccncn2)c2cc(Cc3ccc(F)cc3)cnc2c1O. The number of aromatic carboxylic acids is 1. The topological polar surface area (TPSA) is 125 Å². The number of nitrogens with zero attached hydrogens (tertiary/aromatic N) is 3. The number of amides is 1. The molecule has 0 atom stereocenters. The fourth-order valence-corrected chi connectivity index (χ4v) is 3.15. The summed E-state index contributed by atoms with van der Waals surface area (Å²) in [7, 11) is 0. The largest absolute Gasteiger partial charge is 0.505 e. The molecule has 0 unspecified atom stereocenters. The van der Waals surface area contributed by atoms with Crippen LogP contribution < -0.4 is 5.32 Å². The minimum Gasteiger partial charge on any atom is -0.505 e. The maximum atomic E-state index is 13.2. The van der Waals surface area contributed by atoms with Crippen LogP contribution in [0.15, 0.2) is 61.2 Å². The van der Waals surface area contributed by atoms with Gasteiger partial charge in [-0.15, -0.1) is 0 Å². The Balaban J connectivity index is 1.81. The van der Waals surface area contributed by atoms with E-state index >= 15 is 0 Å². The molecule has 2 heterocycles. The number of carbonyl (C=O) groups is 2. The zero-order valence-corrected chi connectivity index (χ0v) is 15.9. The number of halogens is 1. The van der Waals surface area contributed by atoms with Crippen LogP contribution in [0.25, 0.3) is 10.9 Å². The number of anilines is 1. The average molecular weight is 418 g/mol. The molecule has 0 aliphatic carbocycles. The highest BCUT2D eigenvalue weighted by Crippen LogP contribution is 2.32. The van der Waals surface area contributed by atoms with E-state index in [0.29, 0.717) is 12.0 Å². The highest BCUT2D eigenvalue weighted by molar-refractivity contribution is 6.15. The van der Waals surface area contributed by atoms with Crippen molar-refractivity contribution >= 4 is 28.6 Å². The molecule has 1 amide bonds. The zero-order valence-electron chi connectivity index (χ0n) is 15.9. The fraction of sp³-hybridized carbons (Fsp3) is 0.0455. The minimum absolute atomic E-state index is 0.0114. The highest BCUT2D eigenvalue weighted by Gasteiger charge is 2.22. The smallest absolute Gasteiger partial charge is 0.339 e. The maximum absolute atomic E-state index is 13.2. The van der Waals surface area contributed by atoms with Gasteiger partial charge in [0.1, 0.15) is 29.0 Å². The number of hydrogen-bond donors (Lipinski definition) is 3. The Hall–Kier alpha value is -4.40. The van der Waals surface area contributed by atoms with Crippen molar-refractivity contribution < 1.29 is 24.2 Å². The summed E-state index contributed by atoms with van der Waals surface area (Å²) >= 11 is 0. The van der Waals surface area contributed by atoms with Crippen LogP contribution in [0, 0.1) is 5.82 Å². The van der Waals surface area contributed by atoms with Gasteiger partial charge in [0.05, 0.1) is 5.56 Å². The summed E-state index contributed by atoms with van der Waals surface area (Å²) in [6.45, 7) is 0. The first-order valence-electron chi connectivity index (χ1n) is 9.12. The first kappa shape index (κ1) is 19.9. The van der Waals surface area contributed by atoms with Crippen LogP contribution >= 0.6 is 0 Å². The first-order valence-corrected chi connectivity index (χ1v) is 9.12. The Morgan fingerprint density at radius 3 is 2.45 bits per heavy atom. The summed E-state index contributed by atoms with van der Waals surface area (Å²) in [5, 5.41) is 22.7. The number of phenols is 1. The van der Waals surface area contributed by atoms with E-state index in [0.717, 1.165) is 11.6 Å². The van der Waals surface area contributed by atoms with E-state index in [4.69, 9.17) is 0 Å². The number of benzene rings is 2. The summed E-state index contributed by atoms with van der Waals surface area (Å²) in [6.07, 6.45) is 4.58. The predicted octanol–water partition coefficient (Wildman–Crippen LogP) is 3.41. The third kappa shape index (κ3) is 4.15. The Bertz CT molecular complexity index is 1290. The van der Waals surface area contributed by atoms with E-state index in [2.05, 4.69) is 20.3 Å². The second kappa shape index (κ2) is 8.15. The zero-order chi connectivity index (χ0) is 22.0. The molecule has 154 valence electrons. The number of carbonyl (C=O) groups excluding carboxylic acids is 1. The van der Waals surface area contributed by atoms with E-state index in [1.165, 1.54) is 36.9 Å². The van der Waals surface area contributed by atoms with Gasteiger partial charge in [0.2, 0.25) is 0 Å². The maximum Gasteiger partial charge on any atom is 0.339 e. The second-order valence-corrected chi connectivity index (χ2v) is 6.72. The molecule has 4 rings (SSSR count). The van der Waals surface area contributed by atoms with Gasteiger partial charge in [-0.3, -0.25) is 9.78 Å². The summed E-state index contributed by atoms with van der Waals surface area (Å²) in [6, 6.07) is 10.2. The Morgan fingerprint density at radius 2 is 1.77 bits per heavy atom. The summed E-state index contributed by atoms with van der Waals surface area (Å²) in [5.74, 6) is -2.67. The molecule has 0 saturated carbocycles. The predicted molar refractivity (Wildman–Crippen MR) is 110 cm³/mol. The minimum atomic E-state index is -1.40. The van der Waals surface area contributed by atoms with Crippen LogP contribution in [0.1, 0.15) is 31.8 Å². The van der Waals surface area contributed by atoms with E-state index in [1.807, 2.05) is 0 Å². The molecule has 0 aliphatic rings. The van der Waals surface area contributed by atoms with Crippen LogP contribution in [0.2, 0.25) is 0 Å². The van der Waals surface area contributed by atoms with Crippen molar-refractivity contribution in [1.29, 1.82) is 0 Å². The van der Waals surface area contributed by atoms with Crippen molar-refractivity contribution in [2.75, 3.05) is 5.32 Å². The molecule has 9 heteroatoms. The van der Waals surface area contributed by atoms with E-state index < -0.39 is 23.2 Å². The van der Waals surface area contributed by atoms with Crippen molar-refractivity contribution in [3.8, 4) is 5.75 Å². The van der Waals surface area contributed by atoms with Gasteiger partial charge in [-0.25, -0.2) is 19.2 Å².